The van der Waals surface area contributed by atoms with Gasteiger partial charge in [0.05, 0.1) is 13.7 Å². The van der Waals surface area contributed by atoms with Gasteiger partial charge in [-0.15, -0.1) is 0 Å². The number of likely N-dealkylation sites (N-methyl/N-ethyl adjacent to an activating group) is 1. The minimum Gasteiger partial charge on any atom is -0.497 e. The lowest BCUT2D eigenvalue weighted by Crippen LogP contribution is -2.40. The normalized spacial score (nSPS) is 17.3. The first kappa shape index (κ1) is 15.3. The molecule has 1 fully saturated rings. The van der Waals surface area contributed by atoms with E-state index in [1.54, 1.807) is 38.4 Å². The number of carbonyl (C=O) groups excluding carboxylic acids is 2. The van der Waals surface area contributed by atoms with Gasteiger partial charge < -0.3 is 19.7 Å². The fraction of sp³-hybridized carbons (Fsp3) is 0.467. The molecule has 1 aliphatic heterocycles. The lowest BCUT2D eigenvalue weighted by Gasteiger charge is -2.20. The molecule has 1 aromatic carbocycles. The number of nitrogens with zero attached hydrogens (tertiary/aromatic N) is 1. The van der Waals surface area contributed by atoms with E-state index in [-0.39, 0.29) is 18.4 Å². The summed E-state index contributed by atoms with van der Waals surface area (Å²) in [7, 11) is 3.19. The first-order valence-electron chi connectivity index (χ1n) is 6.90. The monoisotopic (exact) mass is 292 g/mol. The first-order valence-corrected chi connectivity index (χ1v) is 6.90. The van der Waals surface area contributed by atoms with Crippen LogP contribution in [0, 0.1) is 0 Å². The van der Waals surface area contributed by atoms with Crippen LogP contribution >= 0.6 is 0 Å². The van der Waals surface area contributed by atoms with Gasteiger partial charge in [0, 0.05) is 19.3 Å². The summed E-state index contributed by atoms with van der Waals surface area (Å²) >= 11 is 0. The number of hydrogen-bond donors (Lipinski definition) is 1. The Labute approximate surface area is 124 Å². The molecular formula is C15H20N2O4. The zero-order valence-electron chi connectivity index (χ0n) is 12.3. The smallest absolute Gasteiger partial charge is 0.251 e. The van der Waals surface area contributed by atoms with Crippen molar-refractivity contribution in [2.75, 3.05) is 32.6 Å². The van der Waals surface area contributed by atoms with Gasteiger partial charge in [-0.25, -0.2) is 0 Å². The van der Waals surface area contributed by atoms with E-state index in [0.717, 1.165) is 18.6 Å². The number of nitrogens with one attached hydrogen (secondary N) is 1. The largest absolute Gasteiger partial charge is 0.497 e. The Kier molecular flexibility index (Phi) is 5.16. The third-order valence-electron chi connectivity index (χ3n) is 3.34. The molecule has 1 aliphatic rings. The number of ether oxygens (including phenoxy) is 2. The maximum atomic E-state index is 12.0. The third kappa shape index (κ3) is 4.19. The Morgan fingerprint density at radius 2 is 2.10 bits per heavy atom. The molecule has 1 N–H and O–H groups in total. The quantitative estimate of drug-likeness (QED) is 0.887. The molecule has 2 amide bonds. The van der Waals surface area contributed by atoms with Crippen molar-refractivity contribution in [3.05, 3.63) is 24.3 Å². The predicted molar refractivity (Wildman–Crippen MR) is 78.2 cm³/mol. The molecule has 0 saturated carbocycles. The number of carbonyl (C=O) groups is 2. The summed E-state index contributed by atoms with van der Waals surface area (Å²) in [5, 5.41) is 2.74. The molecule has 114 valence electrons. The summed E-state index contributed by atoms with van der Waals surface area (Å²) in [4.78, 5) is 25.3. The minimum absolute atomic E-state index is 0.00469. The van der Waals surface area contributed by atoms with Crippen molar-refractivity contribution in [1.82, 2.24) is 4.90 Å². The van der Waals surface area contributed by atoms with Crippen LogP contribution in [0.15, 0.2) is 24.3 Å². The summed E-state index contributed by atoms with van der Waals surface area (Å²) < 4.78 is 10.4. The van der Waals surface area contributed by atoms with Gasteiger partial charge in [-0.3, -0.25) is 9.59 Å². The Bertz CT molecular complexity index is 495. The van der Waals surface area contributed by atoms with Gasteiger partial charge in [0.1, 0.15) is 11.9 Å². The molecule has 0 radical (unpaired) electrons. The Balaban J connectivity index is 1.83. The average molecular weight is 292 g/mol. The molecule has 0 aromatic heterocycles. The van der Waals surface area contributed by atoms with Crippen LogP contribution in [0.3, 0.4) is 0 Å². The predicted octanol–water partition coefficient (Wildman–Crippen LogP) is 1.27. The number of methoxy groups -OCH3 is 1. The molecule has 0 spiro atoms. The molecule has 6 heteroatoms. The highest BCUT2D eigenvalue weighted by atomic mass is 16.5. The van der Waals surface area contributed by atoms with E-state index in [1.165, 1.54) is 4.90 Å². The fourth-order valence-corrected chi connectivity index (χ4v) is 2.19. The highest BCUT2D eigenvalue weighted by Gasteiger charge is 2.27. The van der Waals surface area contributed by atoms with Crippen LogP contribution in [0.5, 0.6) is 5.75 Å². The molecule has 1 atom stereocenters. The zero-order chi connectivity index (χ0) is 15.2. The van der Waals surface area contributed by atoms with Crippen molar-refractivity contribution in [1.29, 1.82) is 0 Å². The van der Waals surface area contributed by atoms with Crippen molar-refractivity contribution >= 4 is 17.5 Å². The lowest BCUT2D eigenvalue weighted by atomic mass is 10.2. The van der Waals surface area contributed by atoms with Gasteiger partial charge in [0.2, 0.25) is 5.91 Å². The molecule has 1 aromatic rings. The van der Waals surface area contributed by atoms with Gasteiger partial charge >= 0.3 is 0 Å². The molecule has 0 bridgehead atoms. The van der Waals surface area contributed by atoms with E-state index in [4.69, 9.17) is 9.47 Å². The highest BCUT2D eigenvalue weighted by Crippen LogP contribution is 2.16. The van der Waals surface area contributed by atoms with Gasteiger partial charge in [-0.2, -0.15) is 0 Å². The van der Waals surface area contributed by atoms with Crippen LogP contribution in [-0.4, -0.2) is 50.1 Å². The van der Waals surface area contributed by atoms with Crippen molar-refractivity contribution in [3.8, 4) is 5.75 Å². The fourth-order valence-electron chi connectivity index (χ4n) is 2.19. The van der Waals surface area contributed by atoms with E-state index in [1.807, 2.05) is 0 Å². The summed E-state index contributed by atoms with van der Waals surface area (Å²) in [5.74, 6) is 0.338. The summed E-state index contributed by atoms with van der Waals surface area (Å²) in [6.07, 6.45) is 1.22. The van der Waals surface area contributed by atoms with E-state index in [0.29, 0.717) is 12.3 Å². The number of benzene rings is 1. The third-order valence-corrected chi connectivity index (χ3v) is 3.34. The second-order valence-corrected chi connectivity index (χ2v) is 4.97. The van der Waals surface area contributed by atoms with Gasteiger partial charge in [-0.05, 0) is 37.1 Å². The van der Waals surface area contributed by atoms with Crippen molar-refractivity contribution in [2.45, 2.75) is 18.9 Å². The second-order valence-electron chi connectivity index (χ2n) is 4.97. The van der Waals surface area contributed by atoms with Gasteiger partial charge in [0.25, 0.3) is 5.91 Å². The maximum absolute atomic E-state index is 12.0. The van der Waals surface area contributed by atoms with E-state index in [9.17, 15) is 9.59 Å². The van der Waals surface area contributed by atoms with E-state index in [2.05, 4.69) is 5.32 Å². The Hall–Kier alpha value is -2.08. The van der Waals surface area contributed by atoms with Crippen LogP contribution in [0.2, 0.25) is 0 Å². The van der Waals surface area contributed by atoms with Crippen LogP contribution in [0.25, 0.3) is 0 Å². The van der Waals surface area contributed by atoms with Gasteiger partial charge in [-0.1, -0.05) is 0 Å². The van der Waals surface area contributed by atoms with Crippen molar-refractivity contribution < 1.29 is 19.1 Å². The molecule has 0 unspecified atom stereocenters. The van der Waals surface area contributed by atoms with E-state index < -0.39 is 6.10 Å². The first-order chi connectivity index (χ1) is 10.1. The lowest BCUT2D eigenvalue weighted by molar-refractivity contribution is -0.141. The number of hydrogen-bond acceptors (Lipinski definition) is 4. The second kappa shape index (κ2) is 7.08. The van der Waals surface area contributed by atoms with Crippen LogP contribution in [0.4, 0.5) is 5.69 Å². The standard InChI is InChI=1S/C15H20N2O4/c1-17(15(19)13-4-3-9-21-13)10-14(18)16-11-5-7-12(20-2)8-6-11/h5-8,13H,3-4,9-10H2,1-2H3,(H,16,18)/t13-/m0/s1. The maximum Gasteiger partial charge on any atom is 0.251 e. The number of rotatable bonds is 5. The summed E-state index contributed by atoms with van der Waals surface area (Å²) in [6, 6.07) is 7.02. The number of anilines is 1. The average Bonchev–Trinajstić information content (AvgIpc) is 3.01. The highest BCUT2D eigenvalue weighted by molar-refractivity contribution is 5.95. The molecule has 0 aliphatic carbocycles. The molecule has 6 nitrogen and oxygen atoms in total. The van der Waals surface area contributed by atoms with Crippen LogP contribution < -0.4 is 10.1 Å². The number of amides is 2. The zero-order valence-corrected chi connectivity index (χ0v) is 12.3. The Morgan fingerprint density at radius 1 is 1.38 bits per heavy atom. The van der Waals surface area contributed by atoms with Gasteiger partial charge in [0.15, 0.2) is 0 Å². The molecule has 1 saturated heterocycles. The summed E-state index contributed by atoms with van der Waals surface area (Å²) in [6.45, 7) is 0.618. The molecule has 21 heavy (non-hydrogen) atoms. The Morgan fingerprint density at radius 3 is 2.67 bits per heavy atom. The topological polar surface area (TPSA) is 67.9 Å². The molecule has 2 rings (SSSR count). The minimum atomic E-state index is -0.399. The SMILES string of the molecule is COc1ccc(NC(=O)CN(C)C(=O)[C@@H]2CCCO2)cc1. The summed E-state index contributed by atoms with van der Waals surface area (Å²) in [5.41, 5.74) is 0.666. The van der Waals surface area contributed by atoms with Crippen molar-refractivity contribution in [2.24, 2.45) is 0 Å². The van der Waals surface area contributed by atoms with Crippen LogP contribution in [0.1, 0.15) is 12.8 Å². The molecule has 1 heterocycles. The molecular weight excluding hydrogens is 272 g/mol. The van der Waals surface area contributed by atoms with E-state index >= 15 is 0 Å². The van der Waals surface area contributed by atoms with Crippen LogP contribution in [-0.2, 0) is 14.3 Å². The van der Waals surface area contributed by atoms with Crippen molar-refractivity contribution in [3.63, 3.8) is 0 Å².